The molecular weight excluding hydrogens is 762 g/mol. The van der Waals surface area contributed by atoms with Gasteiger partial charge in [-0.25, -0.2) is 4.57 Å². The van der Waals surface area contributed by atoms with Crippen molar-refractivity contribution < 1.29 is 37.6 Å². The lowest BCUT2D eigenvalue weighted by atomic mass is 10.0. The lowest BCUT2D eigenvalue weighted by Gasteiger charge is -2.19. The maximum atomic E-state index is 12.6. The number of esters is 2. The number of carbonyl (C=O) groups is 2. The quantitative estimate of drug-likeness (QED) is 0.0265. The topological polar surface area (TPSA) is 134 Å². The van der Waals surface area contributed by atoms with Crippen LogP contribution in [0.4, 0.5) is 0 Å². The molecule has 59 heavy (non-hydrogen) atoms. The van der Waals surface area contributed by atoms with Crippen LogP contribution in [-0.2, 0) is 32.7 Å². The smallest absolute Gasteiger partial charge is 0.462 e. The largest absolute Gasteiger partial charge is 0.472 e. The second-order valence-corrected chi connectivity index (χ2v) is 18.1. The molecule has 0 saturated heterocycles. The molecule has 0 aliphatic carbocycles. The number of hydrogen-bond donors (Lipinski definition) is 2. The molecule has 0 radical (unpaired) electrons. The third-order valence-electron chi connectivity index (χ3n) is 10.8. The Morgan fingerprint density at radius 2 is 0.881 bits per heavy atom. The van der Waals surface area contributed by atoms with Crippen molar-refractivity contribution in [1.29, 1.82) is 0 Å². The number of phosphoric ester groups is 1. The Bertz CT molecular complexity index is 1020. The molecule has 0 fully saturated rings. The highest BCUT2D eigenvalue weighted by Gasteiger charge is 2.26. The fourth-order valence-electron chi connectivity index (χ4n) is 7.14. The minimum atomic E-state index is -4.38. The zero-order valence-corrected chi connectivity index (χ0v) is 39.4. The van der Waals surface area contributed by atoms with E-state index in [0.29, 0.717) is 6.42 Å². The molecule has 0 bridgehead atoms. The molecule has 3 N–H and O–H groups in total. The molecule has 0 saturated carbocycles. The van der Waals surface area contributed by atoms with E-state index in [-0.39, 0.29) is 38.6 Å². The van der Waals surface area contributed by atoms with Crippen LogP contribution in [0, 0.1) is 0 Å². The molecular formula is C49H94NO8P. The summed E-state index contributed by atoms with van der Waals surface area (Å²) in [5, 5.41) is 0. The molecule has 0 aromatic heterocycles. The molecule has 0 aliphatic heterocycles. The Labute approximate surface area is 363 Å². The van der Waals surface area contributed by atoms with Crippen LogP contribution >= 0.6 is 7.82 Å². The predicted molar refractivity (Wildman–Crippen MR) is 247 cm³/mol. The fraction of sp³-hybridized carbons (Fsp3) is 0.878. The second-order valence-electron chi connectivity index (χ2n) is 16.7. The van der Waals surface area contributed by atoms with Crippen molar-refractivity contribution in [3.63, 3.8) is 0 Å². The highest BCUT2D eigenvalue weighted by Crippen LogP contribution is 2.43. The van der Waals surface area contributed by atoms with Crippen LogP contribution in [0.3, 0.4) is 0 Å². The fourth-order valence-corrected chi connectivity index (χ4v) is 7.90. The van der Waals surface area contributed by atoms with Crippen LogP contribution in [0.2, 0.25) is 0 Å². The lowest BCUT2D eigenvalue weighted by molar-refractivity contribution is -0.161. The SMILES string of the molecule is CCCCC/C=C\C/C=C\CCCCCCCC(=O)OC(COC(=O)CCCCCCCCCCCCCCCCCCCCCCCCC)COP(=O)(O)OCCN. The first kappa shape index (κ1) is 57.5. The number of unbranched alkanes of at least 4 members (excludes halogenated alkanes) is 30. The first-order valence-electron chi connectivity index (χ1n) is 24.8. The highest BCUT2D eigenvalue weighted by molar-refractivity contribution is 7.47. The summed E-state index contributed by atoms with van der Waals surface area (Å²) in [5.41, 5.74) is 5.36. The molecule has 2 atom stereocenters. The van der Waals surface area contributed by atoms with Crippen molar-refractivity contribution in [2.75, 3.05) is 26.4 Å². The average molecular weight is 856 g/mol. The third-order valence-corrected chi connectivity index (χ3v) is 11.8. The third kappa shape index (κ3) is 45.8. The van der Waals surface area contributed by atoms with Gasteiger partial charge in [-0.3, -0.25) is 18.6 Å². The van der Waals surface area contributed by atoms with Gasteiger partial charge < -0.3 is 20.1 Å². The highest BCUT2D eigenvalue weighted by atomic mass is 31.2. The number of phosphoric acid groups is 1. The van der Waals surface area contributed by atoms with Crippen LogP contribution in [-0.4, -0.2) is 49.3 Å². The van der Waals surface area contributed by atoms with Gasteiger partial charge in [0.1, 0.15) is 6.61 Å². The summed E-state index contributed by atoms with van der Waals surface area (Å²) < 4.78 is 32.9. The average Bonchev–Trinajstić information content (AvgIpc) is 3.22. The van der Waals surface area contributed by atoms with Gasteiger partial charge in [0.2, 0.25) is 0 Å². The monoisotopic (exact) mass is 856 g/mol. The number of carbonyl (C=O) groups excluding carboxylic acids is 2. The Morgan fingerprint density at radius 3 is 1.32 bits per heavy atom. The summed E-state index contributed by atoms with van der Waals surface area (Å²) in [5.74, 6) is -0.833. The molecule has 0 spiro atoms. The number of nitrogens with two attached hydrogens (primary N) is 1. The summed E-state index contributed by atoms with van der Waals surface area (Å²) in [6.07, 6.45) is 50.8. The summed E-state index contributed by atoms with van der Waals surface area (Å²) >= 11 is 0. The van der Waals surface area contributed by atoms with Crippen LogP contribution in [0.1, 0.15) is 245 Å². The second kappa shape index (κ2) is 46.0. The molecule has 0 aromatic rings. The van der Waals surface area contributed by atoms with E-state index in [4.69, 9.17) is 24.3 Å². The number of rotatable bonds is 47. The van der Waals surface area contributed by atoms with Crippen LogP contribution < -0.4 is 5.73 Å². The molecule has 0 aliphatic rings. The van der Waals surface area contributed by atoms with E-state index >= 15 is 0 Å². The van der Waals surface area contributed by atoms with Crippen molar-refractivity contribution in [1.82, 2.24) is 0 Å². The summed E-state index contributed by atoms with van der Waals surface area (Å²) in [6, 6.07) is 0. The number of hydrogen-bond acceptors (Lipinski definition) is 8. The van der Waals surface area contributed by atoms with E-state index in [9.17, 15) is 19.0 Å². The van der Waals surface area contributed by atoms with E-state index in [0.717, 1.165) is 57.8 Å². The van der Waals surface area contributed by atoms with Crippen molar-refractivity contribution in [2.24, 2.45) is 5.73 Å². The summed E-state index contributed by atoms with van der Waals surface area (Å²) in [4.78, 5) is 35.0. The summed E-state index contributed by atoms with van der Waals surface area (Å²) in [6.45, 7) is 3.73. The van der Waals surface area contributed by atoms with Gasteiger partial charge in [0.15, 0.2) is 6.10 Å². The first-order chi connectivity index (χ1) is 28.8. The van der Waals surface area contributed by atoms with Crippen LogP contribution in [0.5, 0.6) is 0 Å². The zero-order valence-electron chi connectivity index (χ0n) is 38.5. The van der Waals surface area contributed by atoms with E-state index in [1.54, 1.807) is 0 Å². The Kier molecular flexibility index (Phi) is 44.8. The molecule has 0 amide bonds. The number of allylic oxidation sites excluding steroid dienone is 4. The molecule has 0 rings (SSSR count). The molecule has 9 nitrogen and oxygen atoms in total. The maximum Gasteiger partial charge on any atom is 0.472 e. The van der Waals surface area contributed by atoms with Gasteiger partial charge in [-0.05, 0) is 44.9 Å². The van der Waals surface area contributed by atoms with E-state index in [2.05, 4.69) is 38.2 Å². The number of ether oxygens (including phenoxy) is 2. The van der Waals surface area contributed by atoms with Crippen molar-refractivity contribution in [3.8, 4) is 0 Å². The zero-order chi connectivity index (χ0) is 43.2. The van der Waals surface area contributed by atoms with Gasteiger partial charge in [0, 0.05) is 19.4 Å². The van der Waals surface area contributed by atoms with Crippen LogP contribution in [0.15, 0.2) is 24.3 Å². The minimum absolute atomic E-state index is 0.0527. The minimum Gasteiger partial charge on any atom is -0.462 e. The molecule has 2 unspecified atom stereocenters. The first-order valence-corrected chi connectivity index (χ1v) is 26.3. The standard InChI is InChI=1S/C49H94NO8P/c1-3-5-7-9-11-13-15-17-19-20-21-22-23-24-25-26-28-29-31-33-35-37-39-41-48(51)55-45-47(46-57-59(53,54)56-44-43-50)58-49(52)42-40-38-36-34-32-30-27-18-16-14-12-10-8-6-4-2/h12,14,18,27,47H,3-11,13,15-17,19-26,28-46,50H2,1-2H3,(H,53,54)/b14-12-,27-18-. The van der Waals surface area contributed by atoms with Gasteiger partial charge in [-0.2, -0.15) is 0 Å². The Balaban J connectivity index is 4.00. The van der Waals surface area contributed by atoms with Gasteiger partial charge in [-0.1, -0.05) is 212 Å². The van der Waals surface area contributed by atoms with Gasteiger partial charge >= 0.3 is 19.8 Å². The van der Waals surface area contributed by atoms with Crippen molar-refractivity contribution in [2.45, 2.75) is 251 Å². The van der Waals surface area contributed by atoms with E-state index in [1.807, 2.05) is 0 Å². The van der Waals surface area contributed by atoms with Crippen molar-refractivity contribution in [3.05, 3.63) is 24.3 Å². The molecule has 0 aromatic carbocycles. The summed E-state index contributed by atoms with van der Waals surface area (Å²) in [7, 11) is -4.38. The van der Waals surface area contributed by atoms with Crippen molar-refractivity contribution >= 4 is 19.8 Å². The van der Waals surface area contributed by atoms with E-state index < -0.39 is 26.5 Å². The Hall–Kier alpha value is -1.51. The molecule has 348 valence electrons. The predicted octanol–water partition coefficient (Wildman–Crippen LogP) is 14.7. The maximum absolute atomic E-state index is 12.6. The molecule has 0 heterocycles. The normalized spacial score (nSPS) is 13.4. The van der Waals surface area contributed by atoms with E-state index in [1.165, 1.54) is 154 Å². The van der Waals surface area contributed by atoms with Crippen LogP contribution in [0.25, 0.3) is 0 Å². The van der Waals surface area contributed by atoms with Gasteiger partial charge in [0.05, 0.1) is 13.2 Å². The van der Waals surface area contributed by atoms with Gasteiger partial charge in [-0.15, -0.1) is 0 Å². The lowest BCUT2D eigenvalue weighted by Crippen LogP contribution is -2.29. The molecule has 10 heteroatoms. The Morgan fingerprint density at radius 1 is 0.508 bits per heavy atom. The van der Waals surface area contributed by atoms with Gasteiger partial charge in [0.25, 0.3) is 0 Å².